The molecule has 2 aliphatic heterocycles. The summed E-state index contributed by atoms with van der Waals surface area (Å²) in [6.45, 7) is 2.44. The third kappa shape index (κ3) is 4.34. The van der Waals surface area contributed by atoms with Crippen LogP contribution in [0.15, 0.2) is 18.3 Å². The highest BCUT2D eigenvalue weighted by molar-refractivity contribution is 7.91. The van der Waals surface area contributed by atoms with Crippen LogP contribution in [0.25, 0.3) is 0 Å². The topological polar surface area (TPSA) is 91.4 Å². The lowest BCUT2D eigenvalue weighted by molar-refractivity contribution is 0.250. The number of nitrogens with zero attached hydrogens (tertiary/aromatic N) is 2. The number of aromatic nitrogens is 1. The minimum Gasteiger partial charge on any atom is -0.357 e. The molecule has 7 nitrogen and oxygen atoms in total. The fraction of sp³-hybridized carbons (Fsp3) is 0.600. The van der Waals surface area contributed by atoms with Gasteiger partial charge < -0.3 is 15.5 Å². The molecule has 2 saturated heterocycles. The highest BCUT2D eigenvalue weighted by Gasteiger charge is 2.27. The van der Waals surface area contributed by atoms with E-state index in [0.29, 0.717) is 18.7 Å². The number of amides is 2. The number of nitrogens with one attached hydrogen (secondary N) is 2. The fourth-order valence-electron chi connectivity index (χ4n) is 3.04. The van der Waals surface area contributed by atoms with E-state index >= 15 is 0 Å². The van der Waals surface area contributed by atoms with Crippen LogP contribution in [-0.2, 0) is 9.84 Å². The van der Waals surface area contributed by atoms with Crippen LogP contribution in [0.4, 0.5) is 16.3 Å². The molecule has 1 atom stereocenters. The van der Waals surface area contributed by atoms with Crippen LogP contribution in [0.5, 0.6) is 0 Å². The molecule has 0 bridgehead atoms. The summed E-state index contributed by atoms with van der Waals surface area (Å²) in [6.07, 6.45) is 4.66. The van der Waals surface area contributed by atoms with Crippen LogP contribution in [0, 0.1) is 5.92 Å². The third-order valence-electron chi connectivity index (χ3n) is 4.31. The maximum absolute atomic E-state index is 11.9. The van der Waals surface area contributed by atoms with Crippen molar-refractivity contribution in [1.29, 1.82) is 0 Å². The van der Waals surface area contributed by atoms with E-state index in [1.807, 2.05) is 12.1 Å². The molecule has 2 fully saturated rings. The Hall–Kier alpha value is -1.83. The first-order chi connectivity index (χ1) is 11.0. The molecule has 0 unspecified atom stereocenters. The number of urea groups is 1. The molecule has 2 aliphatic rings. The van der Waals surface area contributed by atoms with Gasteiger partial charge in [-0.25, -0.2) is 18.2 Å². The van der Waals surface area contributed by atoms with Gasteiger partial charge in [-0.1, -0.05) is 0 Å². The van der Waals surface area contributed by atoms with Crippen molar-refractivity contribution in [3.8, 4) is 0 Å². The van der Waals surface area contributed by atoms with E-state index in [0.717, 1.165) is 18.9 Å². The molecule has 3 rings (SSSR count). The van der Waals surface area contributed by atoms with Crippen molar-refractivity contribution >= 4 is 27.4 Å². The zero-order chi connectivity index (χ0) is 16.3. The number of hydrogen-bond donors (Lipinski definition) is 2. The summed E-state index contributed by atoms with van der Waals surface area (Å²) in [5, 5.41) is 5.45. The second-order valence-corrected chi connectivity index (χ2v) is 8.43. The van der Waals surface area contributed by atoms with Crippen molar-refractivity contribution in [2.45, 2.75) is 19.3 Å². The van der Waals surface area contributed by atoms with E-state index in [4.69, 9.17) is 0 Å². The van der Waals surface area contributed by atoms with Crippen molar-refractivity contribution in [3.05, 3.63) is 18.3 Å². The predicted octanol–water partition coefficient (Wildman–Crippen LogP) is 1.24. The van der Waals surface area contributed by atoms with Gasteiger partial charge in [0.15, 0.2) is 9.84 Å². The van der Waals surface area contributed by atoms with Gasteiger partial charge in [0.2, 0.25) is 0 Å². The Morgan fingerprint density at radius 1 is 1.30 bits per heavy atom. The van der Waals surface area contributed by atoms with Gasteiger partial charge in [0, 0.05) is 19.6 Å². The number of rotatable bonds is 4. The van der Waals surface area contributed by atoms with Gasteiger partial charge in [-0.2, -0.15) is 0 Å². The molecule has 23 heavy (non-hydrogen) atoms. The van der Waals surface area contributed by atoms with Gasteiger partial charge in [-0.05, 0) is 37.3 Å². The highest BCUT2D eigenvalue weighted by Crippen LogP contribution is 2.19. The molecule has 126 valence electrons. The van der Waals surface area contributed by atoms with Crippen molar-refractivity contribution in [2.24, 2.45) is 5.92 Å². The van der Waals surface area contributed by atoms with Gasteiger partial charge in [-0.3, -0.25) is 0 Å². The van der Waals surface area contributed by atoms with Crippen LogP contribution in [0.1, 0.15) is 19.3 Å². The molecule has 0 radical (unpaired) electrons. The molecule has 8 heteroatoms. The molecular weight excluding hydrogens is 316 g/mol. The van der Waals surface area contributed by atoms with E-state index in [-0.39, 0.29) is 23.5 Å². The highest BCUT2D eigenvalue weighted by atomic mass is 32.2. The first-order valence-corrected chi connectivity index (χ1v) is 9.80. The van der Waals surface area contributed by atoms with Crippen LogP contribution in [-0.4, -0.2) is 50.6 Å². The Morgan fingerprint density at radius 2 is 2.09 bits per heavy atom. The monoisotopic (exact) mass is 338 g/mol. The quantitative estimate of drug-likeness (QED) is 0.862. The smallest absolute Gasteiger partial charge is 0.319 e. The van der Waals surface area contributed by atoms with Gasteiger partial charge in [0.25, 0.3) is 0 Å². The summed E-state index contributed by atoms with van der Waals surface area (Å²) in [5.41, 5.74) is 0.629. The predicted molar refractivity (Wildman–Crippen MR) is 89.5 cm³/mol. The van der Waals surface area contributed by atoms with Gasteiger partial charge >= 0.3 is 6.03 Å². The van der Waals surface area contributed by atoms with Crippen molar-refractivity contribution in [3.63, 3.8) is 0 Å². The number of hydrogen-bond acceptors (Lipinski definition) is 5. The van der Waals surface area contributed by atoms with Crippen LogP contribution in [0.3, 0.4) is 0 Å². The lowest BCUT2D eigenvalue weighted by Gasteiger charge is -2.16. The molecule has 1 aromatic heterocycles. The van der Waals surface area contributed by atoms with Crippen LogP contribution in [0.2, 0.25) is 0 Å². The first-order valence-electron chi connectivity index (χ1n) is 7.98. The Kier molecular flexibility index (Phi) is 4.70. The Labute approximate surface area is 136 Å². The van der Waals surface area contributed by atoms with Crippen LogP contribution < -0.4 is 15.5 Å². The molecule has 0 saturated carbocycles. The maximum Gasteiger partial charge on any atom is 0.319 e. The summed E-state index contributed by atoms with van der Waals surface area (Å²) < 4.78 is 22.8. The summed E-state index contributed by atoms with van der Waals surface area (Å²) in [6, 6.07) is 3.41. The van der Waals surface area contributed by atoms with E-state index in [9.17, 15) is 13.2 Å². The maximum atomic E-state index is 11.9. The molecule has 1 aromatic rings. The van der Waals surface area contributed by atoms with E-state index in [2.05, 4.69) is 20.5 Å². The summed E-state index contributed by atoms with van der Waals surface area (Å²) in [7, 11) is -2.90. The molecule has 0 aromatic carbocycles. The molecule has 3 heterocycles. The van der Waals surface area contributed by atoms with Gasteiger partial charge in [0.1, 0.15) is 5.82 Å². The zero-order valence-corrected chi connectivity index (χ0v) is 13.8. The minimum absolute atomic E-state index is 0.0152. The molecule has 2 N–H and O–H groups in total. The van der Waals surface area contributed by atoms with E-state index in [1.165, 1.54) is 12.8 Å². The number of anilines is 2. The summed E-state index contributed by atoms with van der Waals surface area (Å²) in [4.78, 5) is 18.5. The minimum atomic E-state index is -2.90. The SMILES string of the molecule is O=C(NC[C@H]1CCS(=O)(=O)C1)Nc1ccc(N2CCCC2)nc1. The van der Waals surface area contributed by atoms with Gasteiger partial charge in [0.05, 0.1) is 23.4 Å². The Balaban J connectivity index is 1.46. The van der Waals surface area contributed by atoms with E-state index < -0.39 is 9.84 Å². The largest absolute Gasteiger partial charge is 0.357 e. The summed E-state index contributed by atoms with van der Waals surface area (Å²) >= 11 is 0. The van der Waals surface area contributed by atoms with Crippen molar-refractivity contribution in [1.82, 2.24) is 10.3 Å². The Morgan fingerprint density at radius 3 is 2.70 bits per heavy atom. The summed E-state index contributed by atoms with van der Waals surface area (Å²) in [5.74, 6) is 1.34. The van der Waals surface area contributed by atoms with Crippen molar-refractivity contribution < 1.29 is 13.2 Å². The standard InChI is InChI=1S/C15H22N4O3S/c20-15(17-9-12-5-8-23(21,22)11-12)18-13-3-4-14(16-10-13)19-6-1-2-7-19/h3-4,10,12H,1-2,5-9,11H2,(H2,17,18,20)/t12-/m1/s1. The molecule has 0 spiro atoms. The Bertz CT molecular complexity index is 654. The van der Waals surface area contributed by atoms with Gasteiger partial charge in [-0.15, -0.1) is 0 Å². The van der Waals surface area contributed by atoms with Crippen LogP contribution >= 0.6 is 0 Å². The first kappa shape index (κ1) is 16.0. The normalized spacial score (nSPS) is 23.0. The average Bonchev–Trinajstić information content (AvgIpc) is 3.15. The lowest BCUT2D eigenvalue weighted by atomic mass is 10.1. The molecule has 0 aliphatic carbocycles. The zero-order valence-electron chi connectivity index (χ0n) is 13.0. The van der Waals surface area contributed by atoms with Crippen molar-refractivity contribution in [2.75, 3.05) is 41.4 Å². The molecule has 2 amide bonds. The number of carbonyl (C=O) groups excluding carboxylic acids is 1. The average molecular weight is 338 g/mol. The number of pyridine rings is 1. The second kappa shape index (κ2) is 6.74. The third-order valence-corrected chi connectivity index (χ3v) is 6.15. The number of sulfone groups is 1. The number of carbonyl (C=O) groups is 1. The molecular formula is C15H22N4O3S. The van der Waals surface area contributed by atoms with E-state index in [1.54, 1.807) is 6.20 Å². The fourth-order valence-corrected chi connectivity index (χ4v) is 4.90. The lowest BCUT2D eigenvalue weighted by Crippen LogP contribution is -2.33. The second-order valence-electron chi connectivity index (χ2n) is 6.20.